The average molecular weight is 375 g/mol. The normalized spacial score (nSPS) is 11.2. The molecule has 2 N–H and O–H groups in total. The van der Waals surface area contributed by atoms with Gasteiger partial charge in [0.2, 0.25) is 0 Å². The highest BCUT2D eigenvalue weighted by molar-refractivity contribution is 14.1. The Morgan fingerprint density at radius 2 is 2.17 bits per heavy atom. The van der Waals surface area contributed by atoms with E-state index in [9.17, 15) is 0 Å². The number of hydrogen-bond donors (Lipinski definition) is 1. The molecule has 18 heavy (non-hydrogen) atoms. The van der Waals surface area contributed by atoms with Gasteiger partial charge in [0.1, 0.15) is 3.70 Å². The van der Waals surface area contributed by atoms with Crippen LogP contribution in [0.15, 0.2) is 17.4 Å². The van der Waals surface area contributed by atoms with Gasteiger partial charge < -0.3 is 5.73 Å². The number of nitrogens with zero attached hydrogens (tertiary/aromatic N) is 4. The summed E-state index contributed by atoms with van der Waals surface area (Å²) in [6.45, 7) is 4.15. The van der Waals surface area contributed by atoms with Gasteiger partial charge in [-0.15, -0.1) is 0 Å². The summed E-state index contributed by atoms with van der Waals surface area (Å²) < 4.78 is 2.91. The van der Waals surface area contributed by atoms with Gasteiger partial charge in [-0.1, -0.05) is 11.8 Å². The van der Waals surface area contributed by atoms with E-state index in [1.165, 1.54) is 11.8 Å². The van der Waals surface area contributed by atoms with Gasteiger partial charge >= 0.3 is 0 Å². The van der Waals surface area contributed by atoms with Crippen LogP contribution >= 0.6 is 34.4 Å². The van der Waals surface area contributed by atoms with Crippen molar-refractivity contribution in [2.24, 2.45) is 0 Å². The standard InChI is InChI=1S/C11H14IN5S/c1-6(2)17-9(12)8(10(13)16-17)7-4-5-14-11(15-7)18-3/h4-6H,1-3H3,(H2,13,16). The molecule has 7 heteroatoms. The van der Waals surface area contributed by atoms with E-state index in [0.717, 1.165) is 20.1 Å². The van der Waals surface area contributed by atoms with Crippen LogP contribution in [0.1, 0.15) is 19.9 Å². The van der Waals surface area contributed by atoms with E-state index in [-0.39, 0.29) is 6.04 Å². The summed E-state index contributed by atoms with van der Waals surface area (Å²) in [5, 5.41) is 5.10. The van der Waals surface area contributed by atoms with Crippen LogP contribution in [-0.2, 0) is 0 Å². The molecular weight excluding hydrogens is 361 g/mol. The molecule has 2 heterocycles. The molecule has 2 rings (SSSR count). The predicted molar refractivity (Wildman–Crippen MR) is 82.5 cm³/mol. The Hall–Kier alpha value is -0.830. The zero-order valence-electron chi connectivity index (χ0n) is 10.4. The minimum atomic E-state index is 0.273. The van der Waals surface area contributed by atoms with Gasteiger partial charge in [0, 0.05) is 12.2 Å². The Morgan fingerprint density at radius 1 is 1.44 bits per heavy atom. The first-order chi connectivity index (χ1) is 8.54. The first-order valence-electron chi connectivity index (χ1n) is 5.45. The molecule has 0 atom stereocenters. The number of halogens is 1. The van der Waals surface area contributed by atoms with Crippen molar-refractivity contribution in [1.29, 1.82) is 0 Å². The molecule has 0 unspecified atom stereocenters. The van der Waals surface area contributed by atoms with Crippen LogP contribution < -0.4 is 5.73 Å². The van der Waals surface area contributed by atoms with Gasteiger partial charge in [-0.05, 0) is 48.8 Å². The van der Waals surface area contributed by atoms with Crippen molar-refractivity contribution in [2.45, 2.75) is 25.0 Å². The lowest BCUT2D eigenvalue weighted by molar-refractivity contribution is 0.523. The lowest BCUT2D eigenvalue weighted by Crippen LogP contribution is -2.05. The summed E-state index contributed by atoms with van der Waals surface area (Å²) in [7, 11) is 0. The molecule has 96 valence electrons. The number of rotatable bonds is 3. The highest BCUT2D eigenvalue weighted by Crippen LogP contribution is 2.31. The molecule has 0 spiro atoms. The second-order valence-corrected chi connectivity index (χ2v) is 5.81. The third-order valence-electron chi connectivity index (χ3n) is 2.44. The monoisotopic (exact) mass is 375 g/mol. The number of nitrogen functional groups attached to an aromatic ring is 1. The maximum atomic E-state index is 6.00. The summed E-state index contributed by atoms with van der Waals surface area (Å²) in [5.74, 6) is 0.513. The van der Waals surface area contributed by atoms with E-state index >= 15 is 0 Å². The highest BCUT2D eigenvalue weighted by atomic mass is 127. The molecule has 0 aromatic carbocycles. The van der Waals surface area contributed by atoms with Crippen LogP contribution in [-0.4, -0.2) is 26.0 Å². The van der Waals surface area contributed by atoms with E-state index in [1.54, 1.807) is 6.20 Å². The molecular formula is C11H14IN5S. The Labute approximate surface area is 124 Å². The zero-order valence-corrected chi connectivity index (χ0v) is 13.4. The molecule has 0 fully saturated rings. The van der Waals surface area contributed by atoms with E-state index < -0.39 is 0 Å². The van der Waals surface area contributed by atoms with Crippen LogP contribution in [0.3, 0.4) is 0 Å². The number of hydrogen-bond acceptors (Lipinski definition) is 5. The molecule has 0 bridgehead atoms. The third kappa shape index (κ3) is 2.46. The molecule has 0 radical (unpaired) electrons. The topological polar surface area (TPSA) is 69.6 Å². The Balaban J connectivity index is 2.56. The molecule has 5 nitrogen and oxygen atoms in total. The van der Waals surface area contributed by atoms with E-state index in [4.69, 9.17) is 5.73 Å². The fourth-order valence-electron chi connectivity index (χ4n) is 1.59. The summed E-state index contributed by atoms with van der Waals surface area (Å²) in [6, 6.07) is 2.13. The first kappa shape index (κ1) is 13.6. The molecule has 2 aromatic heterocycles. The van der Waals surface area contributed by atoms with E-state index in [0.29, 0.717) is 5.82 Å². The summed E-state index contributed by atoms with van der Waals surface area (Å²) in [5.41, 5.74) is 7.71. The predicted octanol–water partition coefficient (Wildman–Crippen LogP) is 2.83. The molecule has 2 aromatic rings. The smallest absolute Gasteiger partial charge is 0.187 e. The Bertz CT molecular complexity index is 567. The molecule has 0 aliphatic heterocycles. The van der Waals surface area contributed by atoms with Gasteiger partial charge in [-0.25, -0.2) is 9.97 Å². The lowest BCUT2D eigenvalue weighted by atomic mass is 10.2. The summed E-state index contributed by atoms with van der Waals surface area (Å²) >= 11 is 3.77. The summed E-state index contributed by atoms with van der Waals surface area (Å²) in [6.07, 6.45) is 3.70. The van der Waals surface area contributed by atoms with Gasteiger partial charge in [0.25, 0.3) is 0 Å². The maximum Gasteiger partial charge on any atom is 0.187 e. The van der Waals surface area contributed by atoms with Gasteiger partial charge in [-0.3, -0.25) is 4.68 Å². The fraction of sp³-hybridized carbons (Fsp3) is 0.364. The van der Waals surface area contributed by atoms with Crippen LogP contribution in [0, 0.1) is 3.70 Å². The van der Waals surface area contributed by atoms with Crippen molar-refractivity contribution in [2.75, 3.05) is 12.0 Å². The van der Waals surface area contributed by atoms with E-state index in [1.807, 2.05) is 17.0 Å². The molecule has 0 saturated carbocycles. The molecule has 0 amide bonds. The minimum absolute atomic E-state index is 0.273. The Morgan fingerprint density at radius 3 is 2.72 bits per heavy atom. The minimum Gasteiger partial charge on any atom is -0.382 e. The first-order valence-corrected chi connectivity index (χ1v) is 7.75. The van der Waals surface area contributed by atoms with Gasteiger partial charge in [-0.2, -0.15) is 5.10 Å². The van der Waals surface area contributed by atoms with E-state index in [2.05, 4.69) is 51.5 Å². The molecule has 0 saturated heterocycles. The Kier molecular flexibility index (Phi) is 4.10. The average Bonchev–Trinajstić information content (AvgIpc) is 2.65. The van der Waals surface area contributed by atoms with Crippen molar-refractivity contribution in [1.82, 2.24) is 19.7 Å². The molecule has 0 aliphatic rings. The number of anilines is 1. The lowest BCUT2D eigenvalue weighted by Gasteiger charge is -2.07. The van der Waals surface area contributed by atoms with Gasteiger partial charge in [0.15, 0.2) is 11.0 Å². The maximum absolute atomic E-state index is 6.00. The SMILES string of the molecule is CSc1nccc(-c2c(N)nn(C(C)C)c2I)n1. The van der Waals surface area contributed by atoms with Gasteiger partial charge in [0.05, 0.1) is 11.3 Å². The van der Waals surface area contributed by atoms with Crippen molar-refractivity contribution >= 4 is 40.2 Å². The number of aromatic nitrogens is 4. The van der Waals surface area contributed by atoms with Crippen LogP contribution in [0.5, 0.6) is 0 Å². The second kappa shape index (κ2) is 5.43. The van der Waals surface area contributed by atoms with Crippen LogP contribution in [0.2, 0.25) is 0 Å². The highest BCUT2D eigenvalue weighted by Gasteiger charge is 2.18. The zero-order chi connectivity index (χ0) is 13.3. The quantitative estimate of drug-likeness (QED) is 0.508. The summed E-state index contributed by atoms with van der Waals surface area (Å²) in [4.78, 5) is 8.64. The number of nitrogens with two attached hydrogens (primary N) is 1. The van der Waals surface area contributed by atoms with Crippen molar-refractivity contribution in [3.8, 4) is 11.3 Å². The molecule has 0 aliphatic carbocycles. The fourth-order valence-corrected chi connectivity index (χ4v) is 3.16. The van der Waals surface area contributed by atoms with Crippen molar-refractivity contribution in [3.63, 3.8) is 0 Å². The van der Waals surface area contributed by atoms with Crippen LogP contribution in [0.25, 0.3) is 11.3 Å². The second-order valence-electron chi connectivity index (χ2n) is 4.02. The van der Waals surface area contributed by atoms with Crippen molar-refractivity contribution in [3.05, 3.63) is 16.0 Å². The largest absolute Gasteiger partial charge is 0.382 e. The number of thioether (sulfide) groups is 1. The third-order valence-corrected chi connectivity index (χ3v) is 4.04. The van der Waals surface area contributed by atoms with Crippen molar-refractivity contribution < 1.29 is 0 Å². The van der Waals surface area contributed by atoms with Crippen LogP contribution in [0.4, 0.5) is 5.82 Å².